The molecule has 0 saturated carbocycles. The predicted molar refractivity (Wildman–Crippen MR) is 86.8 cm³/mol. The summed E-state index contributed by atoms with van der Waals surface area (Å²) in [7, 11) is 0. The molecule has 0 radical (unpaired) electrons. The molecule has 0 spiro atoms. The van der Waals surface area contributed by atoms with Gasteiger partial charge in [-0.1, -0.05) is 13.8 Å². The number of imide groups is 1. The van der Waals surface area contributed by atoms with Crippen molar-refractivity contribution in [2.75, 3.05) is 26.2 Å². The summed E-state index contributed by atoms with van der Waals surface area (Å²) < 4.78 is 11.3. The number of fused-ring (bicyclic) bond motifs is 1. The zero-order valence-electron chi connectivity index (χ0n) is 14.1. The summed E-state index contributed by atoms with van der Waals surface area (Å²) in [6.07, 6.45) is 2.35. The van der Waals surface area contributed by atoms with Crippen LogP contribution in [0.15, 0.2) is 18.3 Å². The third-order valence-corrected chi connectivity index (χ3v) is 4.19. The van der Waals surface area contributed by atoms with E-state index in [9.17, 15) is 9.59 Å². The van der Waals surface area contributed by atoms with Crippen molar-refractivity contribution < 1.29 is 19.1 Å². The Morgan fingerprint density at radius 3 is 2.83 bits per heavy atom. The van der Waals surface area contributed by atoms with E-state index in [1.165, 1.54) is 4.90 Å². The lowest BCUT2D eigenvalue weighted by Gasteiger charge is -2.34. The third-order valence-electron chi connectivity index (χ3n) is 4.19. The van der Waals surface area contributed by atoms with Gasteiger partial charge in [-0.25, -0.2) is 4.98 Å². The van der Waals surface area contributed by atoms with E-state index in [1.807, 2.05) is 19.9 Å². The molecule has 1 saturated heterocycles. The van der Waals surface area contributed by atoms with Crippen LogP contribution in [0, 0.1) is 5.41 Å². The Hall–Kier alpha value is -2.15. The fourth-order valence-electron chi connectivity index (χ4n) is 2.96. The van der Waals surface area contributed by atoms with Crippen molar-refractivity contribution in [3.63, 3.8) is 0 Å². The Kier molecular flexibility index (Phi) is 4.71. The largest absolute Gasteiger partial charge is 0.484 e. The van der Waals surface area contributed by atoms with Crippen LogP contribution in [-0.4, -0.2) is 54.0 Å². The lowest BCUT2D eigenvalue weighted by molar-refractivity contribution is -0.152. The van der Waals surface area contributed by atoms with Gasteiger partial charge in [0, 0.05) is 38.7 Å². The molecule has 0 aliphatic carbocycles. The number of rotatable bonds is 5. The zero-order valence-corrected chi connectivity index (χ0v) is 14.1. The molecule has 3 heterocycles. The fourth-order valence-corrected chi connectivity index (χ4v) is 2.96. The van der Waals surface area contributed by atoms with Crippen LogP contribution in [-0.2, 0) is 9.59 Å². The number of ether oxygens (including phenoxy) is 2. The molecule has 1 aromatic heterocycles. The van der Waals surface area contributed by atoms with Crippen LogP contribution in [0.2, 0.25) is 0 Å². The number of carbonyl (C=O) groups excluding carboxylic acids is 2. The van der Waals surface area contributed by atoms with Crippen molar-refractivity contribution in [2.45, 2.75) is 32.8 Å². The predicted octanol–water partition coefficient (Wildman–Crippen LogP) is 0.986. The highest BCUT2D eigenvalue weighted by molar-refractivity contribution is 5.98. The Labute approximate surface area is 141 Å². The number of piperidine rings is 1. The van der Waals surface area contributed by atoms with E-state index in [4.69, 9.17) is 9.47 Å². The van der Waals surface area contributed by atoms with E-state index in [0.29, 0.717) is 50.7 Å². The highest BCUT2D eigenvalue weighted by atomic mass is 16.6. The van der Waals surface area contributed by atoms with Crippen molar-refractivity contribution in [3.05, 3.63) is 18.3 Å². The minimum absolute atomic E-state index is 0.0894. The Bertz CT molecular complexity index is 612. The quantitative estimate of drug-likeness (QED) is 0.639. The summed E-state index contributed by atoms with van der Waals surface area (Å²) in [5, 5.41) is 3.22. The molecule has 0 bridgehead atoms. The maximum Gasteiger partial charge on any atom is 0.257 e. The molecule has 1 atom stereocenters. The minimum Gasteiger partial charge on any atom is -0.484 e. The number of nitrogens with zero attached hydrogens (tertiary/aromatic N) is 2. The number of nitrogens with one attached hydrogen (secondary N) is 1. The zero-order chi connectivity index (χ0) is 17.2. The summed E-state index contributed by atoms with van der Waals surface area (Å²) in [5.41, 5.74) is -0.230. The van der Waals surface area contributed by atoms with Gasteiger partial charge in [-0.3, -0.25) is 14.5 Å². The van der Waals surface area contributed by atoms with E-state index in [0.717, 1.165) is 0 Å². The maximum absolute atomic E-state index is 12.1. The minimum atomic E-state index is -0.230. The Morgan fingerprint density at radius 2 is 2.08 bits per heavy atom. The van der Waals surface area contributed by atoms with Crippen molar-refractivity contribution in [2.24, 2.45) is 5.41 Å². The van der Waals surface area contributed by atoms with Gasteiger partial charge in [-0.2, -0.15) is 0 Å². The average Bonchev–Trinajstić information content (AvgIpc) is 2.52. The molecule has 0 aromatic carbocycles. The number of hydrogen-bond donors (Lipinski definition) is 1. The van der Waals surface area contributed by atoms with E-state index < -0.39 is 0 Å². The molecular weight excluding hydrogens is 310 g/mol. The van der Waals surface area contributed by atoms with E-state index in [-0.39, 0.29) is 23.3 Å². The number of hydrogen-bond acceptors (Lipinski definition) is 6. The molecular formula is C17H23N3O4. The topological polar surface area (TPSA) is 80.8 Å². The molecule has 7 heteroatoms. The van der Waals surface area contributed by atoms with Gasteiger partial charge in [0.15, 0.2) is 5.75 Å². The van der Waals surface area contributed by atoms with Crippen molar-refractivity contribution in [1.29, 1.82) is 0 Å². The summed E-state index contributed by atoms with van der Waals surface area (Å²) >= 11 is 0. The number of aromatic nitrogens is 1. The summed E-state index contributed by atoms with van der Waals surface area (Å²) in [6, 6.07) is 3.62. The highest BCUT2D eigenvalue weighted by Crippen LogP contribution is 2.31. The van der Waals surface area contributed by atoms with Gasteiger partial charge in [0.05, 0.1) is 0 Å². The lowest BCUT2D eigenvalue weighted by Crippen LogP contribution is -2.49. The first-order valence-corrected chi connectivity index (χ1v) is 8.23. The monoisotopic (exact) mass is 333 g/mol. The number of amides is 2. The van der Waals surface area contributed by atoms with Crippen LogP contribution in [0.3, 0.4) is 0 Å². The Balaban J connectivity index is 1.42. The summed E-state index contributed by atoms with van der Waals surface area (Å²) in [5.74, 6) is 0.974. The van der Waals surface area contributed by atoms with Crippen molar-refractivity contribution in [1.82, 2.24) is 15.2 Å². The second kappa shape index (κ2) is 6.76. The van der Waals surface area contributed by atoms with Gasteiger partial charge in [0.25, 0.3) is 5.88 Å². The summed E-state index contributed by atoms with van der Waals surface area (Å²) in [6.45, 7) is 5.83. The molecule has 3 rings (SSSR count). The Morgan fingerprint density at radius 1 is 1.33 bits per heavy atom. The van der Waals surface area contributed by atoms with Crippen LogP contribution in [0.1, 0.15) is 26.7 Å². The molecule has 24 heavy (non-hydrogen) atoms. The molecule has 7 nitrogen and oxygen atoms in total. The van der Waals surface area contributed by atoms with Gasteiger partial charge >= 0.3 is 0 Å². The molecule has 1 N–H and O–H groups in total. The van der Waals surface area contributed by atoms with Crippen LogP contribution in [0.4, 0.5) is 0 Å². The van der Waals surface area contributed by atoms with Crippen molar-refractivity contribution >= 4 is 11.8 Å². The van der Waals surface area contributed by atoms with E-state index in [1.54, 1.807) is 12.3 Å². The number of carbonyl (C=O) groups is 2. The molecule has 2 amide bonds. The second-order valence-corrected chi connectivity index (χ2v) is 7.02. The second-order valence-electron chi connectivity index (χ2n) is 7.02. The van der Waals surface area contributed by atoms with Crippen molar-refractivity contribution in [3.8, 4) is 11.6 Å². The molecule has 1 aromatic rings. The van der Waals surface area contributed by atoms with E-state index in [2.05, 4.69) is 10.3 Å². The highest BCUT2D eigenvalue weighted by Gasteiger charge is 2.36. The van der Waals surface area contributed by atoms with Gasteiger partial charge < -0.3 is 14.8 Å². The van der Waals surface area contributed by atoms with Gasteiger partial charge in [-0.15, -0.1) is 0 Å². The third kappa shape index (κ3) is 3.84. The fraction of sp³-hybridized carbons (Fsp3) is 0.588. The first-order chi connectivity index (χ1) is 11.4. The molecule has 1 fully saturated rings. The van der Waals surface area contributed by atoms with Crippen LogP contribution < -0.4 is 14.8 Å². The van der Waals surface area contributed by atoms with Crippen LogP contribution >= 0.6 is 0 Å². The first-order valence-electron chi connectivity index (χ1n) is 8.23. The molecule has 1 unspecified atom stereocenters. The molecule has 130 valence electrons. The van der Waals surface area contributed by atoms with Gasteiger partial charge in [0.2, 0.25) is 11.8 Å². The number of pyridine rings is 1. The lowest BCUT2D eigenvalue weighted by atomic mass is 9.82. The normalized spacial score (nSPS) is 22.6. The van der Waals surface area contributed by atoms with Gasteiger partial charge in [-0.05, 0) is 17.5 Å². The average molecular weight is 333 g/mol. The maximum atomic E-state index is 12.1. The molecule has 2 aliphatic rings. The van der Waals surface area contributed by atoms with Gasteiger partial charge in [0.1, 0.15) is 12.7 Å². The van der Waals surface area contributed by atoms with Crippen LogP contribution in [0.5, 0.6) is 11.6 Å². The van der Waals surface area contributed by atoms with Crippen LogP contribution in [0.25, 0.3) is 0 Å². The van der Waals surface area contributed by atoms with E-state index >= 15 is 0 Å². The standard InChI is InChI=1S/C17H23N3O4/c1-17(2)8-14(21)20(15(22)9-17)7-6-18-10-12-11-23-13-4-3-5-19-16(13)24-12/h3-5,12,18H,6-11H2,1-2H3. The SMILES string of the molecule is CC1(C)CC(=O)N(CCNCC2COc3cccnc3O2)C(=O)C1. The smallest absolute Gasteiger partial charge is 0.257 e. The molecule has 2 aliphatic heterocycles. The number of likely N-dealkylation sites (tertiary alicyclic amines) is 1. The summed E-state index contributed by atoms with van der Waals surface area (Å²) in [4.78, 5) is 29.6. The first kappa shape index (κ1) is 16.7.